The third-order valence-corrected chi connectivity index (χ3v) is 4.93. The van der Waals surface area contributed by atoms with Crippen molar-refractivity contribution in [2.24, 2.45) is 5.92 Å². The first-order chi connectivity index (χ1) is 12.1. The van der Waals surface area contributed by atoms with E-state index in [2.05, 4.69) is 10.6 Å². The Bertz CT molecular complexity index is 541. The molecule has 1 fully saturated rings. The molecule has 1 aromatic rings. The quantitative estimate of drug-likeness (QED) is 0.789. The average molecular weight is 346 g/mol. The van der Waals surface area contributed by atoms with E-state index in [1.54, 1.807) is 0 Å². The van der Waals surface area contributed by atoms with E-state index in [9.17, 15) is 9.59 Å². The van der Waals surface area contributed by atoms with Gasteiger partial charge in [-0.25, -0.2) is 4.79 Å². The summed E-state index contributed by atoms with van der Waals surface area (Å²) in [5.74, 6) is -0.0502. The van der Waals surface area contributed by atoms with Gasteiger partial charge in [-0.2, -0.15) is 0 Å². The summed E-state index contributed by atoms with van der Waals surface area (Å²) in [5, 5.41) is 5.86. The predicted octanol–water partition coefficient (Wildman–Crippen LogP) is 3.78. The van der Waals surface area contributed by atoms with Crippen LogP contribution in [0.1, 0.15) is 57.9 Å². The second kappa shape index (κ2) is 10.1. The zero-order valence-corrected chi connectivity index (χ0v) is 15.3. The van der Waals surface area contributed by atoms with Crippen LogP contribution in [0.4, 0.5) is 4.79 Å². The smallest absolute Gasteiger partial charge is 0.408 e. The molecule has 0 unspecified atom stereocenters. The van der Waals surface area contributed by atoms with Gasteiger partial charge >= 0.3 is 6.09 Å². The molecule has 2 N–H and O–H groups in total. The van der Waals surface area contributed by atoms with Gasteiger partial charge in [-0.05, 0) is 24.3 Å². The van der Waals surface area contributed by atoms with Gasteiger partial charge in [-0.15, -0.1) is 0 Å². The zero-order chi connectivity index (χ0) is 18.1. The van der Waals surface area contributed by atoms with Crippen molar-refractivity contribution in [3.05, 3.63) is 35.9 Å². The first-order valence-electron chi connectivity index (χ1n) is 9.37. The van der Waals surface area contributed by atoms with Crippen LogP contribution in [-0.4, -0.2) is 24.1 Å². The van der Waals surface area contributed by atoms with Crippen LogP contribution in [0, 0.1) is 5.92 Å². The Labute approximate surface area is 150 Å². The van der Waals surface area contributed by atoms with E-state index >= 15 is 0 Å². The van der Waals surface area contributed by atoms with Gasteiger partial charge in [0.2, 0.25) is 5.91 Å². The average Bonchev–Trinajstić information content (AvgIpc) is 2.65. The standard InChI is InChI=1S/C20H30N2O3/c1-3-15(2)18(19(23)21-17-12-8-5-9-13-17)22-20(24)25-14-16-10-6-4-7-11-16/h4,6-7,10-11,15,17-18H,3,5,8-9,12-14H2,1-2H3,(H,21,23)(H,22,24)/t15-,18-/m0/s1. The Kier molecular flexibility index (Phi) is 7.76. The zero-order valence-electron chi connectivity index (χ0n) is 15.3. The Morgan fingerprint density at radius 2 is 1.84 bits per heavy atom. The molecule has 2 amide bonds. The van der Waals surface area contributed by atoms with E-state index in [1.165, 1.54) is 6.42 Å². The molecule has 0 aliphatic heterocycles. The molecule has 0 aromatic heterocycles. The SMILES string of the molecule is CC[C@H](C)[C@H](NC(=O)OCc1ccccc1)C(=O)NC1CCCCC1. The summed E-state index contributed by atoms with van der Waals surface area (Å²) >= 11 is 0. The predicted molar refractivity (Wildman–Crippen MR) is 98.0 cm³/mol. The Balaban J connectivity index is 1.87. The molecule has 1 aliphatic rings. The maximum Gasteiger partial charge on any atom is 0.408 e. The number of ether oxygens (including phenoxy) is 1. The summed E-state index contributed by atoms with van der Waals surface area (Å²) in [6.07, 6.45) is 5.87. The van der Waals surface area contributed by atoms with Crippen LogP contribution in [0.25, 0.3) is 0 Å². The van der Waals surface area contributed by atoms with Gasteiger partial charge in [-0.3, -0.25) is 4.79 Å². The van der Waals surface area contributed by atoms with Crippen molar-refractivity contribution in [2.75, 3.05) is 0 Å². The Morgan fingerprint density at radius 1 is 1.16 bits per heavy atom. The van der Waals surface area contributed by atoms with Gasteiger partial charge in [0, 0.05) is 6.04 Å². The largest absolute Gasteiger partial charge is 0.445 e. The molecule has 1 saturated carbocycles. The van der Waals surface area contributed by atoms with Crippen molar-refractivity contribution in [1.82, 2.24) is 10.6 Å². The monoisotopic (exact) mass is 346 g/mol. The van der Waals surface area contributed by atoms with Crippen LogP contribution in [0.15, 0.2) is 30.3 Å². The number of nitrogens with one attached hydrogen (secondary N) is 2. The molecule has 2 rings (SSSR count). The van der Waals surface area contributed by atoms with Crippen LogP contribution >= 0.6 is 0 Å². The maximum atomic E-state index is 12.6. The van der Waals surface area contributed by atoms with E-state index in [0.29, 0.717) is 0 Å². The highest BCUT2D eigenvalue weighted by Gasteiger charge is 2.28. The number of amides is 2. The molecule has 5 nitrogen and oxygen atoms in total. The minimum atomic E-state index is -0.560. The molecule has 1 aliphatic carbocycles. The minimum absolute atomic E-state index is 0.0489. The van der Waals surface area contributed by atoms with Crippen LogP contribution < -0.4 is 10.6 Å². The molecule has 138 valence electrons. The van der Waals surface area contributed by atoms with Gasteiger partial charge in [0.25, 0.3) is 0 Å². The summed E-state index contributed by atoms with van der Waals surface area (Å²) in [5.41, 5.74) is 0.921. The van der Waals surface area contributed by atoms with E-state index < -0.39 is 12.1 Å². The van der Waals surface area contributed by atoms with Crippen molar-refractivity contribution >= 4 is 12.0 Å². The van der Waals surface area contributed by atoms with E-state index in [-0.39, 0.29) is 24.5 Å². The first-order valence-corrected chi connectivity index (χ1v) is 9.37. The molecule has 0 saturated heterocycles. The van der Waals surface area contributed by atoms with Crippen LogP contribution in [0.2, 0.25) is 0 Å². The molecule has 0 bridgehead atoms. The third kappa shape index (κ3) is 6.40. The fourth-order valence-corrected chi connectivity index (χ4v) is 3.13. The lowest BCUT2D eigenvalue weighted by Crippen LogP contribution is -2.52. The lowest BCUT2D eigenvalue weighted by Gasteiger charge is -2.28. The number of rotatable bonds is 7. The fraction of sp³-hybridized carbons (Fsp3) is 0.600. The van der Waals surface area contributed by atoms with Crippen LogP contribution in [0.3, 0.4) is 0 Å². The summed E-state index contributed by atoms with van der Waals surface area (Å²) in [4.78, 5) is 24.8. The van der Waals surface area contributed by atoms with E-state index in [0.717, 1.165) is 37.7 Å². The van der Waals surface area contributed by atoms with Crippen molar-refractivity contribution in [3.8, 4) is 0 Å². The number of carbonyl (C=O) groups is 2. The molecule has 0 heterocycles. The number of alkyl carbamates (subject to hydrolysis) is 1. The van der Waals surface area contributed by atoms with E-state index in [4.69, 9.17) is 4.74 Å². The summed E-state index contributed by atoms with van der Waals surface area (Å²) in [6, 6.07) is 9.18. The molecule has 1 aromatic carbocycles. The van der Waals surface area contributed by atoms with Crippen molar-refractivity contribution in [1.29, 1.82) is 0 Å². The van der Waals surface area contributed by atoms with Crippen molar-refractivity contribution < 1.29 is 14.3 Å². The lowest BCUT2D eigenvalue weighted by atomic mass is 9.93. The van der Waals surface area contributed by atoms with Crippen molar-refractivity contribution in [2.45, 2.75) is 71.1 Å². The van der Waals surface area contributed by atoms with Crippen LogP contribution in [-0.2, 0) is 16.1 Å². The van der Waals surface area contributed by atoms with Gasteiger partial charge in [0.15, 0.2) is 0 Å². The molecular formula is C20H30N2O3. The molecule has 5 heteroatoms. The second-order valence-electron chi connectivity index (χ2n) is 6.91. The molecule has 2 atom stereocenters. The Morgan fingerprint density at radius 3 is 2.48 bits per heavy atom. The fourth-order valence-electron chi connectivity index (χ4n) is 3.13. The molecule has 0 radical (unpaired) electrons. The number of carbonyl (C=O) groups excluding carboxylic acids is 2. The first kappa shape index (κ1) is 19.3. The second-order valence-corrected chi connectivity index (χ2v) is 6.91. The van der Waals surface area contributed by atoms with Crippen molar-refractivity contribution in [3.63, 3.8) is 0 Å². The molecule has 25 heavy (non-hydrogen) atoms. The van der Waals surface area contributed by atoms with Gasteiger partial charge in [0.05, 0.1) is 0 Å². The molecule has 0 spiro atoms. The number of hydrogen-bond donors (Lipinski definition) is 2. The highest BCUT2D eigenvalue weighted by molar-refractivity contribution is 5.86. The summed E-state index contributed by atoms with van der Waals surface area (Å²) in [6.45, 7) is 4.19. The highest BCUT2D eigenvalue weighted by atomic mass is 16.5. The summed E-state index contributed by atoms with van der Waals surface area (Å²) in [7, 11) is 0. The van der Waals surface area contributed by atoms with E-state index in [1.807, 2.05) is 44.2 Å². The van der Waals surface area contributed by atoms with Gasteiger partial charge < -0.3 is 15.4 Å². The maximum absolute atomic E-state index is 12.6. The highest BCUT2D eigenvalue weighted by Crippen LogP contribution is 2.18. The topological polar surface area (TPSA) is 67.4 Å². The number of hydrogen-bond acceptors (Lipinski definition) is 3. The minimum Gasteiger partial charge on any atom is -0.445 e. The normalized spacial score (nSPS) is 17.4. The number of benzene rings is 1. The van der Waals surface area contributed by atoms with Crippen LogP contribution in [0.5, 0.6) is 0 Å². The van der Waals surface area contributed by atoms with Gasteiger partial charge in [0.1, 0.15) is 12.6 Å². The van der Waals surface area contributed by atoms with Gasteiger partial charge in [-0.1, -0.05) is 69.9 Å². The third-order valence-electron chi connectivity index (χ3n) is 4.93. The lowest BCUT2D eigenvalue weighted by molar-refractivity contribution is -0.125. The molecular weight excluding hydrogens is 316 g/mol. The summed E-state index contributed by atoms with van der Waals surface area (Å²) < 4.78 is 5.26. The Hall–Kier alpha value is -2.04.